The van der Waals surface area contributed by atoms with Gasteiger partial charge in [-0.25, -0.2) is 0 Å². The molecule has 1 heterocycles. The molecule has 0 radical (unpaired) electrons. The van der Waals surface area contributed by atoms with E-state index < -0.39 is 11.7 Å². The Labute approximate surface area is 118 Å². The first-order chi connectivity index (χ1) is 8.55. The van der Waals surface area contributed by atoms with Crippen molar-refractivity contribution in [3.8, 4) is 0 Å². The van der Waals surface area contributed by atoms with Crippen molar-refractivity contribution in [3.63, 3.8) is 0 Å². The zero-order chi connectivity index (χ0) is 13.0. The molecule has 0 unspecified atom stereocenters. The highest BCUT2D eigenvalue weighted by Crippen LogP contribution is 2.29. The summed E-state index contributed by atoms with van der Waals surface area (Å²) in [4.78, 5) is 0. The van der Waals surface area contributed by atoms with Crippen LogP contribution in [-0.4, -0.2) is 13.1 Å². The summed E-state index contributed by atoms with van der Waals surface area (Å²) in [5.41, 5.74) is 0.439. The van der Waals surface area contributed by atoms with Crippen LogP contribution in [0, 0.1) is 5.92 Å². The van der Waals surface area contributed by atoms with Crippen molar-refractivity contribution in [2.24, 2.45) is 5.92 Å². The Balaban J connectivity index is 0.00000180. The first kappa shape index (κ1) is 16.3. The van der Waals surface area contributed by atoms with Crippen LogP contribution in [0.25, 0.3) is 0 Å². The molecule has 1 nitrogen and oxygen atoms in total. The van der Waals surface area contributed by atoms with Crippen molar-refractivity contribution in [1.29, 1.82) is 0 Å². The highest BCUT2D eigenvalue weighted by Gasteiger charge is 2.29. The SMILES string of the molecule is Cl.FC(F)(F)c1ccc(CCC2CCNCC2)cc1. The number of hydrogen-bond donors (Lipinski definition) is 1. The van der Waals surface area contributed by atoms with E-state index in [1.807, 2.05) is 0 Å². The molecule has 0 aromatic heterocycles. The molecule has 108 valence electrons. The third-order valence-corrected chi connectivity index (χ3v) is 3.58. The van der Waals surface area contributed by atoms with Crippen molar-refractivity contribution < 1.29 is 13.2 Å². The molecule has 1 aromatic carbocycles. The lowest BCUT2D eigenvalue weighted by Gasteiger charge is -2.22. The molecule has 5 heteroatoms. The highest BCUT2D eigenvalue weighted by molar-refractivity contribution is 5.85. The third-order valence-electron chi connectivity index (χ3n) is 3.58. The minimum Gasteiger partial charge on any atom is -0.317 e. The molecule has 1 N–H and O–H groups in total. The van der Waals surface area contributed by atoms with Gasteiger partial charge >= 0.3 is 6.18 Å². The number of rotatable bonds is 3. The lowest BCUT2D eigenvalue weighted by Crippen LogP contribution is -2.27. The van der Waals surface area contributed by atoms with Crippen LogP contribution in [0.2, 0.25) is 0 Å². The van der Waals surface area contributed by atoms with E-state index in [1.165, 1.54) is 25.0 Å². The summed E-state index contributed by atoms with van der Waals surface area (Å²) < 4.78 is 37.2. The fraction of sp³-hybridized carbons (Fsp3) is 0.571. The van der Waals surface area contributed by atoms with Crippen LogP contribution in [0.5, 0.6) is 0 Å². The van der Waals surface area contributed by atoms with E-state index in [0.29, 0.717) is 5.92 Å². The molecule has 0 atom stereocenters. The molecular weight excluding hydrogens is 275 g/mol. The molecule has 2 rings (SSSR count). The number of piperidine rings is 1. The fourth-order valence-electron chi connectivity index (χ4n) is 2.40. The summed E-state index contributed by atoms with van der Waals surface area (Å²) in [7, 11) is 0. The van der Waals surface area contributed by atoms with Crippen molar-refractivity contribution in [2.75, 3.05) is 13.1 Å². The van der Waals surface area contributed by atoms with Crippen LogP contribution in [0.3, 0.4) is 0 Å². The molecule has 1 fully saturated rings. The zero-order valence-electron chi connectivity index (χ0n) is 10.7. The van der Waals surface area contributed by atoms with Crippen LogP contribution >= 0.6 is 12.4 Å². The fourth-order valence-corrected chi connectivity index (χ4v) is 2.40. The van der Waals surface area contributed by atoms with Gasteiger partial charge in [-0.05, 0) is 62.4 Å². The summed E-state index contributed by atoms with van der Waals surface area (Å²) in [5, 5.41) is 3.31. The van der Waals surface area contributed by atoms with Crippen LogP contribution in [-0.2, 0) is 12.6 Å². The predicted octanol–water partition coefficient (Wildman–Crippen LogP) is 4.06. The van der Waals surface area contributed by atoms with Gasteiger partial charge in [0.1, 0.15) is 0 Å². The summed E-state index contributed by atoms with van der Waals surface area (Å²) in [6.07, 6.45) is 0.0880. The van der Waals surface area contributed by atoms with Crippen LogP contribution in [0.4, 0.5) is 13.2 Å². The molecule has 0 spiro atoms. The number of hydrogen-bond acceptors (Lipinski definition) is 1. The first-order valence-corrected chi connectivity index (χ1v) is 6.42. The lowest BCUT2D eigenvalue weighted by molar-refractivity contribution is -0.137. The number of nitrogens with one attached hydrogen (secondary N) is 1. The van der Waals surface area contributed by atoms with Gasteiger partial charge in [-0.1, -0.05) is 12.1 Å². The summed E-state index contributed by atoms with van der Waals surface area (Å²) >= 11 is 0. The second-order valence-corrected chi connectivity index (χ2v) is 4.93. The van der Waals surface area contributed by atoms with Crippen LogP contribution in [0.1, 0.15) is 30.4 Å². The Hall–Kier alpha value is -0.740. The van der Waals surface area contributed by atoms with E-state index in [0.717, 1.165) is 31.5 Å². The predicted molar refractivity (Wildman–Crippen MR) is 72.6 cm³/mol. The van der Waals surface area contributed by atoms with Crippen molar-refractivity contribution in [1.82, 2.24) is 5.32 Å². The highest BCUT2D eigenvalue weighted by atomic mass is 35.5. The van der Waals surface area contributed by atoms with Gasteiger partial charge in [0.2, 0.25) is 0 Å². The van der Waals surface area contributed by atoms with Gasteiger partial charge < -0.3 is 5.32 Å². The van der Waals surface area contributed by atoms with E-state index >= 15 is 0 Å². The Kier molecular flexibility index (Phi) is 6.14. The molecular formula is C14H19ClF3N. The average molecular weight is 294 g/mol. The standard InChI is InChI=1S/C14H18F3N.ClH/c15-14(16,17)13-5-3-11(4-6-13)1-2-12-7-9-18-10-8-12;/h3-6,12,18H,1-2,7-10H2;1H. The van der Waals surface area contributed by atoms with E-state index in [1.54, 1.807) is 12.1 Å². The minimum absolute atomic E-state index is 0. The summed E-state index contributed by atoms with van der Waals surface area (Å²) in [6.45, 7) is 2.13. The second kappa shape index (κ2) is 7.15. The molecule has 0 aliphatic carbocycles. The molecule has 1 aliphatic heterocycles. The minimum atomic E-state index is -4.23. The molecule has 1 aromatic rings. The normalized spacial score (nSPS) is 17.0. The van der Waals surface area contributed by atoms with E-state index in [9.17, 15) is 13.2 Å². The maximum atomic E-state index is 12.4. The second-order valence-electron chi connectivity index (χ2n) is 4.93. The van der Waals surface area contributed by atoms with Crippen molar-refractivity contribution in [2.45, 2.75) is 31.9 Å². The lowest BCUT2D eigenvalue weighted by atomic mass is 9.91. The molecule has 1 aliphatic rings. The monoisotopic (exact) mass is 293 g/mol. The Morgan fingerprint density at radius 1 is 1.05 bits per heavy atom. The molecule has 0 amide bonds. The Morgan fingerprint density at radius 3 is 2.16 bits per heavy atom. The van der Waals surface area contributed by atoms with E-state index in [-0.39, 0.29) is 12.4 Å². The van der Waals surface area contributed by atoms with Crippen LogP contribution in [0.15, 0.2) is 24.3 Å². The van der Waals surface area contributed by atoms with Gasteiger partial charge in [-0.3, -0.25) is 0 Å². The van der Waals surface area contributed by atoms with Gasteiger partial charge in [-0.2, -0.15) is 13.2 Å². The van der Waals surface area contributed by atoms with Gasteiger partial charge in [0.25, 0.3) is 0 Å². The van der Waals surface area contributed by atoms with E-state index in [4.69, 9.17) is 0 Å². The number of aryl methyl sites for hydroxylation is 1. The zero-order valence-corrected chi connectivity index (χ0v) is 11.5. The number of benzene rings is 1. The van der Waals surface area contributed by atoms with Gasteiger partial charge in [0.05, 0.1) is 5.56 Å². The third kappa shape index (κ3) is 5.03. The number of halogens is 4. The maximum absolute atomic E-state index is 12.4. The average Bonchev–Trinajstić information content (AvgIpc) is 2.37. The molecule has 19 heavy (non-hydrogen) atoms. The molecule has 0 bridgehead atoms. The van der Waals surface area contributed by atoms with Gasteiger partial charge in [-0.15, -0.1) is 12.4 Å². The van der Waals surface area contributed by atoms with E-state index in [2.05, 4.69) is 5.32 Å². The topological polar surface area (TPSA) is 12.0 Å². The van der Waals surface area contributed by atoms with Gasteiger partial charge in [0.15, 0.2) is 0 Å². The van der Waals surface area contributed by atoms with Gasteiger partial charge in [0, 0.05) is 0 Å². The maximum Gasteiger partial charge on any atom is 0.416 e. The smallest absolute Gasteiger partial charge is 0.317 e. The Bertz CT molecular complexity index is 369. The first-order valence-electron chi connectivity index (χ1n) is 6.42. The largest absolute Gasteiger partial charge is 0.416 e. The van der Waals surface area contributed by atoms with Crippen molar-refractivity contribution >= 4 is 12.4 Å². The molecule has 1 saturated heterocycles. The van der Waals surface area contributed by atoms with Crippen molar-refractivity contribution in [3.05, 3.63) is 35.4 Å². The quantitative estimate of drug-likeness (QED) is 0.886. The Morgan fingerprint density at radius 2 is 1.63 bits per heavy atom. The number of alkyl halides is 3. The summed E-state index contributed by atoms with van der Waals surface area (Å²) in [5.74, 6) is 0.716. The molecule has 0 saturated carbocycles. The summed E-state index contributed by atoms with van der Waals surface area (Å²) in [6, 6.07) is 5.56. The van der Waals surface area contributed by atoms with Crippen LogP contribution < -0.4 is 5.32 Å².